The highest BCUT2D eigenvalue weighted by molar-refractivity contribution is 5.92. The van der Waals surface area contributed by atoms with Gasteiger partial charge >= 0.3 is 18.1 Å². The fourth-order valence-corrected chi connectivity index (χ4v) is 10.9. The van der Waals surface area contributed by atoms with Crippen molar-refractivity contribution in [2.45, 2.75) is 97.9 Å². The van der Waals surface area contributed by atoms with Gasteiger partial charge in [0.05, 0.1) is 29.4 Å². The molecule has 1 aromatic heterocycles. The molecule has 3 amide bonds. The van der Waals surface area contributed by atoms with Crippen LogP contribution in [0.2, 0.25) is 0 Å². The lowest BCUT2D eigenvalue weighted by Gasteiger charge is -3.11. The van der Waals surface area contributed by atoms with Crippen LogP contribution in [0, 0.1) is 60.6 Å². The number of fused-ring (bicyclic) bond motifs is 1. The number of benzene rings is 1. The number of aryl methyl sites for hydroxylation is 2. The number of amides is 3. The van der Waals surface area contributed by atoms with Crippen LogP contribution >= 0.6 is 0 Å². The number of halogens is 1. The minimum absolute atomic E-state index is 0.0960. The van der Waals surface area contributed by atoms with Gasteiger partial charge in [-0.15, -0.1) is 0 Å². The van der Waals surface area contributed by atoms with E-state index in [0.717, 1.165) is 11.3 Å². The van der Waals surface area contributed by atoms with Gasteiger partial charge in [0.2, 0.25) is 0 Å². The molecular formula is C35H44FN5O5. The Morgan fingerprint density at radius 1 is 0.957 bits per heavy atom. The van der Waals surface area contributed by atoms with E-state index in [1.54, 1.807) is 35.6 Å². The first-order valence-corrected chi connectivity index (χ1v) is 16.6. The number of nitrogens with zero attached hydrogens (tertiary/aromatic N) is 3. The molecule has 7 aliphatic rings. The second-order valence-corrected chi connectivity index (χ2v) is 16.7. The SMILES string of the molecule is Cc1cc(-n2nc3c(c2NC(=O)NC24C5C6C2C2C4C5C62CC(=O)OC(C)(C)C)[C@H](C)N(C(=O)OC(C)(C)C)CC3)cc(C)c1F. The third kappa shape index (κ3) is 3.52. The average molecular weight is 634 g/mol. The predicted molar refractivity (Wildman–Crippen MR) is 167 cm³/mol. The van der Waals surface area contributed by atoms with Gasteiger partial charge in [-0.2, -0.15) is 5.10 Å². The normalized spacial score (nSPS) is 35.3. The maximum absolute atomic E-state index is 14.6. The van der Waals surface area contributed by atoms with Crippen molar-refractivity contribution in [3.63, 3.8) is 0 Å². The molecule has 2 heterocycles. The molecule has 9 rings (SSSR count). The van der Waals surface area contributed by atoms with Gasteiger partial charge in [-0.1, -0.05) is 0 Å². The van der Waals surface area contributed by atoms with Crippen LogP contribution in [0.3, 0.4) is 0 Å². The lowest BCUT2D eigenvalue weighted by Crippen LogP contribution is -3.15. The number of aromatic nitrogens is 2. The van der Waals surface area contributed by atoms with Gasteiger partial charge in [0.15, 0.2) is 0 Å². The number of hydrogen-bond acceptors (Lipinski definition) is 6. The third-order valence-corrected chi connectivity index (χ3v) is 12.0. The smallest absolute Gasteiger partial charge is 0.410 e. The molecule has 11 heteroatoms. The van der Waals surface area contributed by atoms with Crippen LogP contribution in [0.1, 0.15) is 83.3 Å². The summed E-state index contributed by atoms with van der Waals surface area (Å²) in [5.41, 5.74) is 1.89. The van der Waals surface area contributed by atoms with Crippen molar-refractivity contribution in [3.8, 4) is 5.69 Å². The zero-order valence-corrected chi connectivity index (χ0v) is 28.1. The van der Waals surface area contributed by atoms with Gasteiger partial charge in [-0.05, 0) is 126 Å². The molecule has 2 N–H and O–H groups in total. The number of esters is 1. The average Bonchev–Trinajstić information content (AvgIpc) is 3.29. The molecule has 1 atom stereocenters. The molecule has 6 saturated carbocycles. The standard InChI is InChI=1S/C35H44FN5O5/c1-15-12-18(13-16(2)28(15)36)41-29(21-17(3)40(11-10-19(21)39-41)31(44)46-33(7,8)9)37-30(43)38-35-25-22-26(35)24-27(35)23(25)34(22,24)14-20(42)45-32(4,5)6/h12-13,17,22-27H,10-11,14H2,1-9H3,(H2,37,38,43)/t17-,22?,23?,24?,25?,26?,27?,34?,35?/m0/s1. The van der Waals surface area contributed by atoms with Crippen LogP contribution < -0.4 is 10.6 Å². The summed E-state index contributed by atoms with van der Waals surface area (Å²) in [7, 11) is 0. The van der Waals surface area contributed by atoms with Crippen molar-refractivity contribution in [3.05, 3.63) is 40.3 Å². The van der Waals surface area contributed by atoms with E-state index in [9.17, 15) is 18.8 Å². The first-order chi connectivity index (χ1) is 21.4. The van der Waals surface area contributed by atoms with Crippen molar-refractivity contribution in [1.29, 1.82) is 0 Å². The van der Waals surface area contributed by atoms with Crippen LogP contribution in [0.25, 0.3) is 5.69 Å². The second-order valence-electron chi connectivity index (χ2n) is 16.7. The van der Waals surface area contributed by atoms with E-state index in [4.69, 9.17) is 14.6 Å². The third-order valence-electron chi connectivity index (χ3n) is 12.0. The number of anilines is 1. The molecule has 2 aromatic rings. The molecule has 1 aromatic carbocycles. The molecule has 0 bridgehead atoms. The molecule has 0 saturated heterocycles. The van der Waals surface area contributed by atoms with Crippen molar-refractivity contribution < 1.29 is 28.2 Å². The summed E-state index contributed by atoms with van der Waals surface area (Å²) in [6.07, 6.45) is 0.557. The van der Waals surface area contributed by atoms with Gasteiger partial charge in [-0.25, -0.2) is 18.7 Å². The van der Waals surface area contributed by atoms with Crippen LogP contribution in [-0.4, -0.2) is 56.1 Å². The Hall–Kier alpha value is -3.63. The number of hydrogen-bond donors (Lipinski definition) is 2. The summed E-state index contributed by atoms with van der Waals surface area (Å²) in [5.74, 6) is 2.82. The number of carbonyl (C=O) groups excluding carboxylic acids is 3. The fraction of sp³-hybridized carbons (Fsp3) is 0.657. The zero-order valence-electron chi connectivity index (χ0n) is 28.1. The van der Waals surface area contributed by atoms with Crippen molar-refractivity contribution in [2.75, 3.05) is 11.9 Å². The summed E-state index contributed by atoms with van der Waals surface area (Å²) in [6, 6.07) is 2.73. The van der Waals surface area contributed by atoms with Crippen molar-refractivity contribution >= 4 is 23.9 Å². The van der Waals surface area contributed by atoms with E-state index in [1.165, 1.54) is 0 Å². The monoisotopic (exact) mass is 633 g/mol. The van der Waals surface area contributed by atoms with Crippen molar-refractivity contribution in [1.82, 2.24) is 20.0 Å². The van der Waals surface area contributed by atoms with Crippen LogP contribution in [-0.2, 0) is 20.7 Å². The highest BCUT2D eigenvalue weighted by atomic mass is 19.1. The van der Waals surface area contributed by atoms with Gasteiger partial charge < -0.3 is 19.7 Å². The van der Waals surface area contributed by atoms with E-state index in [-0.39, 0.29) is 28.8 Å². The van der Waals surface area contributed by atoms with Gasteiger partial charge in [0.1, 0.15) is 22.8 Å². The molecule has 1 aliphatic heterocycles. The van der Waals surface area contributed by atoms with Crippen molar-refractivity contribution in [2.24, 2.45) is 40.9 Å². The topological polar surface area (TPSA) is 115 Å². The summed E-state index contributed by atoms with van der Waals surface area (Å²) >= 11 is 0. The molecule has 0 unspecified atom stereocenters. The summed E-state index contributed by atoms with van der Waals surface area (Å²) in [5, 5.41) is 11.4. The Balaban J connectivity index is 1.04. The second kappa shape index (κ2) is 8.83. The van der Waals surface area contributed by atoms with Crippen LogP contribution in [0.4, 0.5) is 19.8 Å². The number of nitrogens with one attached hydrogen (secondary N) is 2. The molecule has 6 fully saturated rings. The lowest BCUT2D eigenvalue weighted by atomic mass is 8.94. The molecule has 0 spiro atoms. The molecule has 10 nitrogen and oxygen atoms in total. The first-order valence-electron chi connectivity index (χ1n) is 16.6. The number of ether oxygens (including phenoxy) is 2. The number of carbonyl (C=O) groups is 3. The summed E-state index contributed by atoms with van der Waals surface area (Å²) < 4.78 is 27.7. The van der Waals surface area contributed by atoms with Gasteiger partial charge in [0, 0.05) is 18.5 Å². The largest absolute Gasteiger partial charge is 0.460 e. The molecule has 46 heavy (non-hydrogen) atoms. The Labute approximate surface area is 268 Å². The molecule has 0 radical (unpaired) electrons. The summed E-state index contributed by atoms with van der Waals surface area (Å²) in [6.45, 7) is 17.0. The predicted octanol–water partition coefficient (Wildman–Crippen LogP) is 5.83. The molecular weight excluding hydrogens is 589 g/mol. The van der Waals surface area contributed by atoms with E-state index < -0.39 is 23.3 Å². The highest BCUT2D eigenvalue weighted by Crippen LogP contribution is 3.07. The highest BCUT2D eigenvalue weighted by Gasteiger charge is 3.10. The van der Waals surface area contributed by atoms with E-state index in [1.807, 2.05) is 48.5 Å². The lowest BCUT2D eigenvalue weighted by molar-refractivity contribution is -0.624. The molecule has 6 aliphatic carbocycles. The minimum Gasteiger partial charge on any atom is -0.460 e. The van der Waals surface area contributed by atoms with Gasteiger partial charge in [-0.3, -0.25) is 10.1 Å². The van der Waals surface area contributed by atoms with E-state index in [0.29, 0.717) is 77.5 Å². The maximum atomic E-state index is 14.6. The van der Waals surface area contributed by atoms with E-state index in [2.05, 4.69) is 10.6 Å². The number of rotatable bonds is 5. The van der Waals surface area contributed by atoms with E-state index >= 15 is 0 Å². The minimum atomic E-state index is -0.651. The van der Waals surface area contributed by atoms with Crippen LogP contribution in [0.5, 0.6) is 0 Å². The fourth-order valence-electron chi connectivity index (χ4n) is 10.9. The quantitative estimate of drug-likeness (QED) is 0.401. The zero-order chi connectivity index (χ0) is 33.0. The Bertz CT molecular complexity index is 1660. The number of urea groups is 1. The van der Waals surface area contributed by atoms with Crippen LogP contribution in [0.15, 0.2) is 12.1 Å². The first kappa shape index (κ1) is 29.8. The summed E-state index contributed by atoms with van der Waals surface area (Å²) in [4.78, 5) is 41.4. The van der Waals surface area contributed by atoms with Gasteiger partial charge in [0.25, 0.3) is 0 Å². The Morgan fingerprint density at radius 3 is 2.07 bits per heavy atom. The Morgan fingerprint density at radius 2 is 1.52 bits per heavy atom. The Kier molecular flexibility index (Phi) is 5.71. The maximum Gasteiger partial charge on any atom is 0.410 e. The molecule has 246 valence electrons.